The highest BCUT2D eigenvalue weighted by Gasteiger charge is 2.06. The Balaban J connectivity index is 2.73. The fourth-order valence-electron chi connectivity index (χ4n) is 1.83. The van der Waals surface area contributed by atoms with Crippen LogP contribution in [-0.4, -0.2) is 20.1 Å². The molecule has 1 rings (SSSR count). The molecule has 1 N–H and O–H groups in total. The van der Waals surface area contributed by atoms with Crippen molar-refractivity contribution in [3.63, 3.8) is 0 Å². The van der Waals surface area contributed by atoms with Crippen molar-refractivity contribution in [1.29, 1.82) is 0 Å². The molecular weight excluding hydrogens is 214 g/mol. The Bertz CT molecular complexity index is 361. The van der Waals surface area contributed by atoms with Crippen LogP contribution < -0.4 is 10.1 Å². The van der Waals surface area contributed by atoms with E-state index in [1.807, 2.05) is 0 Å². The second-order valence-corrected chi connectivity index (χ2v) is 4.57. The van der Waals surface area contributed by atoms with E-state index < -0.39 is 0 Å². The van der Waals surface area contributed by atoms with Crippen molar-refractivity contribution >= 4 is 6.41 Å². The third kappa shape index (κ3) is 4.47. The van der Waals surface area contributed by atoms with Crippen LogP contribution in [0.5, 0.6) is 5.75 Å². The summed E-state index contributed by atoms with van der Waals surface area (Å²) in [4.78, 5) is 10.2. The molecule has 0 fully saturated rings. The van der Waals surface area contributed by atoms with E-state index in [2.05, 4.69) is 37.4 Å². The van der Waals surface area contributed by atoms with Gasteiger partial charge >= 0.3 is 0 Å². The Morgan fingerprint density at radius 2 is 2.18 bits per heavy atom. The van der Waals surface area contributed by atoms with Crippen LogP contribution in [-0.2, 0) is 17.6 Å². The number of nitrogens with one attached hydrogen (secondary N) is 1. The van der Waals surface area contributed by atoms with Crippen LogP contribution in [0.4, 0.5) is 0 Å². The molecule has 94 valence electrons. The third-order valence-corrected chi connectivity index (χ3v) is 2.62. The molecule has 0 aliphatic carbocycles. The van der Waals surface area contributed by atoms with Crippen molar-refractivity contribution in [2.45, 2.75) is 26.7 Å². The van der Waals surface area contributed by atoms with E-state index in [0.29, 0.717) is 12.5 Å². The first kappa shape index (κ1) is 13.6. The van der Waals surface area contributed by atoms with Gasteiger partial charge in [-0.05, 0) is 36.0 Å². The summed E-state index contributed by atoms with van der Waals surface area (Å²) in [6, 6.07) is 6.28. The summed E-state index contributed by atoms with van der Waals surface area (Å²) < 4.78 is 5.40. The van der Waals surface area contributed by atoms with Crippen LogP contribution in [0.3, 0.4) is 0 Å². The molecule has 0 saturated heterocycles. The van der Waals surface area contributed by atoms with Crippen LogP contribution in [0.25, 0.3) is 0 Å². The van der Waals surface area contributed by atoms with Gasteiger partial charge in [-0.1, -0.05) is 26.0 Å². The van der Waals surface area contributed by atoms with Gasteiger partial charge in [0.15, 0.2) is 0 Å². The second kappa shape index (κ2) is 6.94. The minimum atomic E-state index is 0.617. The largest absolute Gasteiger partial charge is 0.496 e. The molecule has 0 aliphatic rings. The normalized spacial score (nSPS) is 10.4. The molecule has 3 nitrogen and oxygen atoms in total. The summed E-state index contributed by atoms with van der Waals surface area (Å²) in [5, 5.41) is 2.66. The van der Waals surface area contributed by atoms with Gasteiger partial charge in [0.1, 0.15) is 5.75 Å². The topological polar surface area (TPSA) is 38.3 Å². The predicted molar refractivity (Wildman–Crippen MR) is 69.3 cm³/mol. The van der Waals surface area contributed by atoms with E-state index >= 15 is 0 Å². The van der Waals surface area contributed by atoms with E-state index in [0.717, 1.165) is 25.0 Å². The van der Waals surface area contributed by atoms with E-state index in [-0.39, 0.29) is 0 Å². The first-order valence-corrected chi connectivity index (χ1v) is 6.00. The van der Waals surface area contributed by atoms with E-state index in [1.165, 1.54) is 11.1 Å². The maximum atomic E-state index is 10.2. The molecule has 1 amide bonds. The van der Waals surface area contributed by atoms with Crippen molar-refractivity contribution in [2.24, 2.45) is 5.92 Å². The van der Waals surface area contributed by atoms with E-state index in [4.69, 9.17) is 4.74 Å². The lowest BCUT2D eigenvalue weighted by Crippen LogP contribution is -2.14. The molecule has 0 saturated carbocycles. The summed E-state index contributed by atoms with van der Waals surface area (Å²) in [7, 11) is 1.70. The summed E-state index contributed by atoms with van der Waals surface area (Å²) >= 11 is 0. The standard InChI is InChI=1S/C14H21NO2/c1-11(2)8-13-5-4-12(6-7-15-10-16)9-14(13)17-3/h4-5,9-11H,6-8H2,1-3H3,(H,15,16). The molecule has 0 aliphatic heterocycles. The number of benzene rings is 1. The number of carbonyl (C=O) groups excluding carboxylic acids is 1. The van der Waals surface area contributed by atoms with Gasteiger partial charge in [-0.25, -0.2) is 0 Å². The predicted octanol–water partition coefficient (Wildman–Crippen LogP) is 2.18. The van der Waals surface area contributed by atoms with E-state index in [1.54, 1.807) is 7.11 Å². The number of methoxy groups -OCH3 is 1. The summed E-state index contributed by atoms with van der Waals surface area (Å²) in [6.45, 7) is 5.05. The Labute approximate surface area is 103 Å². The minimum Gasteiger partial charge on any atom is -0.496 e. The highest BCUT2D eigenvalue weighted by molar-refractivity contribution is 5.46. The zero-order chi connectivity index (χ0) is 12.7. The number of ether oxygens (including phenoxy) is 1. The average molecular weight is 235 g/mol. The molecule has 0 bridgehead atoms. The summed E-state index contributed by atoms with van der Waals surface area (Å²) in [6.07, 6.45) is 2.58. The number of rotatable bonds is 7. The summed E-state index contributed by atoms with van der Waals surface area (Å²) in [5.41, 5.74) is 2.43. The van der Waals surface area contributed by atoms with E-state index in [9.17, 15) is 4.79 Å². The first-order valence-electron chi connectivity index (χ1n) is 6.00. The fourth-order valence-corrected chi connectivity index (χ4v) is 1.83. The van der Waals surface area contributed by atoms with Gasteiger partial charge in [0.05, 0.1) is 7.11 Å². The van der Waals surface area contributed by atoms with Gasteiger partial charge in [-0.2, -0.15) is 0 Å². The smallest absolute Gasteiger partial charge is 0.207 e. The van der Waals surface area contributed by atoms with Crippen molar-refractivity contribution < 1.29 is 9.53 Å². The lowest BCUT2D eigenvalue weighted by molar-refractivity contribution is -0.109. The molecule has 17 heavy (non-hydrogen) atoms. The molecule has 0 heterocycles. The monoisotopic (exact) mass is 235 g/mol. The lowest BCUT2D eigenvalue weighted by atomic mass is 10.00. The fraction of sp³-hybridized carbons (Fsp3) is 0.500. The number of carbonyl (C=O) groups is 1. The highest BCUT2D eigenvalue weighted by Crippen LogP contribution is 2.23. The Kier molecular flexibility index (Phi) is 5.53. The summed E-state index contributed by atoms with van der Waals surface area (Å²) in [5.74, 6) is 1.56. The van der Waals surface area contributed by atoms with Gasteiger partial charge < -0.3 is 10.1 Å². The number of hydrogen-bond donors (Lipinski definition) is 1. The van der Waals surface area contributed by atoms with Crippen LogP contribution in [0.1, 0.15) is 25.0 Å². The zero-order valence-electron chi connectivity index (χ0n) is 10.8. The first-order chi connectivity index (χ1) is 8.17. The Hall–Kier alpha value is -1.51. The van der Waals surface area contributed by atoms with Crippen LogP contribution in [0.15, 0.2) is 18.2 Å². The number of amides is 1. The van der Waals surface area contributed by atoms with Crippen LogP contribution >= 0.6 is 0 Å². The van der Waals surface area contributed by atoms with Gasteiger partial charge in [-0.15, -0.1) is 0 Å². The van der Waals surface area contributed by atoms with Gasteiger partial charge in [0, 0.05) is 6.54 Å². The van der Waals surface area contributed by atoms with Gasteiger partial charge in [0.25, 0.3) is 0 Å². The Morgan fingerprint density at radius 3 is 2.76 bits per heavy atom. The second-order valence-electron chi connectivity index (χ2n) is 4.57. The highest BCUT2D eigenvalue weighted by atomic mass is 16.5. The molecule has 3 heteroatoms. The van der Waals surface area contributed by atoms with Gasteiger partial charge in [0.2, 0.25) is 6.41 Å². The average Bonchev–Trinajstić information content (AvgIpc) is 2.30. The van der Waals surface area contributed by atoms with Crippen molar-refractivity contribution in [1.82, 2.24) is 5.32 Å². The molecule has 1 aromatic rings. The van der Waals surface area contributed by atoms with Crippen LogP contribution in [0, 0.1) is 5.92 Å². The molecular formula is C14H21NO2. The Morgan fingerprint density at radius 1 is 1.41 bits per heavy atom. The minimum absolute atomic E-state index is 0.617. The molecule has 0 aromatic heterocycles. The van der Waals surface area contributed by atoms with Crippen LogP contribution in [0.2, 0.25) is 0 Å². The maximum absolute atomic E-state index is 10.2. The molecule has 0 unspecified atom stereocenters. The van der Waals surface area contributed by atoms with Crippen molar-refractivity contribution in [2.75, 3.05) is 13.7 Å². The molecule has 1 aromatic carbocycles. The molecule has 0 atom stereocenters. The van der Waals surface area contributed by atoms with Crippen molar-refractivity contribution in [3.05, 3.63) is 29.3 Å². The van der Waals surface area contributed by atoms with Gasteiger partial charge in [-0.3, -0.25) is 4.79 Å². The lowest BCUT2D eigenvalue weighted by Gasteiger charge is -2.12. The zero-order valence-corrected chi connectivity index (χ0v) is 10.8. The third-order valence-electron chi connectivity index (χ3n) is 2.62. The molecule has 0 radical (unpaired) electrons. The maximum Gasteiger partial charge on any atom is 0.207 e. The number of hydrogen-bond acceptors (Lipinski definition) is 2. The van der Waals surface area contributed by atoms with Crippen molar-refractivity contribution in [3.8, 4) is 5.75 Å². The molecule has 0 spiro atoms. The quantitative estimate of drug-likeness (QED) is 0.581. The SMILES string of the molecule is COc1cc(CCNC=O)ccc1CC(C)C.